The van der Waals surface area contributed by atoms with E-state index < -0.39 is 11.7 Å². The number of aliphatic hydroxyl groups excluding tert-OH is 1. The molecule has 0 aliphatic heterocycles. The van der Waals surface area contributed by atoms with Gasteiger partial charge in [-0.05, 0) is 29.7 Å². The minimum Gasteiger partial charge on any atom is -0.396 e. The Bertz CT molecular complexity index is 674. The third kappa shape index (κ3) is 2.49. The van der Waals surface area contributed by atoms with E-state index in [1.807, 2.05) is 0 Å². The lowest BCUT2D eigenvalue weighted by Gasteiger charge is -2.11. The second-order valence-electron chi connectivity index (χ2n) is 4.28. The Kier molecular flexibility index (Phi) is 3.36. The standard InChI is InChI=1S/C13H12F3NO2/c1-17-11-3-2-10(13(14,15)16)7-9(11)6-8(4-5-18)12(17)19/h2-3,6-7,18H,4-5H2,1H3. The van der Waals surface area contributed by atoms with Crippen molar-refractivity contribution in [1.82, 2.24) is 4.57 Å². The van der Waals surface area contributed by atoms with E-state index in [1.54, 1.807) is 0 Å². The summed E-state index contributed by atoms with van der Waals surface area (Å²) < 4.78 is 39.2. The van der Waals surface area contributed by atoms with E-state index in [0.717, 1.165) is 12.1 Å². The maximum absolute atomic E-state index is 12.6. The molecule has 19 heavy (non-hydrogen) atoms. The zero-order valence-electron chi connectivity index (χ0n) is 10.2. The molecular weight excluding hydrogens is 259 g/mol. The quantitative estimate of drug-likeness (QED) is 0.908. The average Bonchev–Trinajstić information content (AvgIpc) is 2.34. The van der Waals surface area contributed by atoms with Crippen molar-refractivity contribution < 1.29 is 18.3 Å². The average molecular weight is 271 g/mol. The van der Waals surface area contributed by atoms with Crippen LogP contribution in [0.25, 0.3) is 10.9 Å². The molecule has 2 rings (SSSR count). The van der Waals surface area contributed by atoms with Gasteiger partial charge in [0.05, 0.1) is 11.1 Å². The Labute approximate surface area is 106 Å². The lowest BCUT2D eigenvalue weighted by molar-refractivity contribution is -0.137. The molecule has 0 aliphatic rings. The van der Waals surface area contributed by atoms with Crippen LogP contribution in [0.2, 0.25) is 0 Å². The first-order valence-electron chi connectivity index (χ1n) is 5.65. The molecule has 0 fully saturated rings. The van der Waals surface area contributed by atoms with E-state index in [9.17, 15) is 18.0 Å². The summed E-state index contributed by atoms with van der Waals surface area (Å²) in [5, 5.41) is 9.20. The van der Waals surface area contributed by atoms with Gasteiger partial charge >= 0.3 is 6.18 Å². The summed E-state index contributed by atoms with van der Waals surface area (Å²) in [5.74, 6) is 0. The molecule has 0 atom stereocenters. The van der Waals surface area contributed by atoms with Gasteiger partial charge in [0.15, 0.2) is 0 Å². The fourth-order valence-corrected chi connectivity index (χ4v) is 2.03. The van der Waals surface area contributed by atoms with Crippen LogP contribution >= 0.6 is 0 Å². The molecule has 6 heteroatoms. The molecule has 0 bridgehead atoms. The van der Waals surface area contributed by atoms with Crippen LogP contribution < -0.4 is 5.56 Å². The van der Waals surface area contributed by atoms with Crippen LogP contribution in [0.1, 0.15) is 11.1 Å². The second kappa shape index (κ2) is 4.70. The Morgan fingerprint density at radius 2 is 1.95 bits per heavy atom. The van der Waals surface area contributed by atoms with Crippen LogP contribution in [0, 0.1) is 0 Å². The van der Waals surface area contributed by atoms with Gasteiger partial charge in [0.1, 0.15) is 0 Å². The number of benzene rings is 1. The van der Waals surface area contributed by atoms with E-state index in [-0.39, 0.29) is 18.6 Å². The summed E-state index contributed by atoms with van der Waals surface area (Å²) in [5.41, 5.74) is -0.327. The van der Waals surface area contributed by atoms with Gasteiger partial charge < -0.3 is 9.67 Å². The first-order chi connectivity index (χ1) is 8.84. The SMILES string of the molecule is Cn1c(=O)c(CCO)cc2cc(C(F)(F)F)ccc21. The smallest absolute Gasteiger partial charge is 0.396 e. The number of fused-ring (bicyclic) bond motifs is 1. The second-order valence-corrected chi connectivity index (χ2v) is 4.28. The van der Waals surface area contributed by atoms with Gasteiger partial charge in [-0.15, -0.1) is 0 Å². The lowest BCUT2D eigenvalue weighted by atomic mass is 10.1. The summed E-state index contributed by atoms with van der Waals surface area (Å²) in [7, 11) is 1.50. The summed E-state index contributed by atoms with van der Waals surface area (Å²) in [4.78, 5) is 11.9. The highest BCUT2D eigenvalue weighted by Crippen LogP contribution is 2.31. The largest absolute Gasteiger partial charge is 0.416 e. The number of alkyl halides is 3. The van der Waals surface area contributed by atoms with Crippen LogP contribution in [0.15, 0.2) is 29.1 Å². The first-order valence-corrected chi connectivity index (χ1v) is 5.65. The van der Waals surface area contributed by atoms with Gasteiger partial charge in [0.25, 0.3) is 5.56 Å². The third-order valence-corrected chi connectivity index (χ3v) is 3.01. The number of halogens is 3. The van der Waals surface area contributed by atoms with Gasteiger partial charge in [-0.1, -0.05) is 0 Å². The van der Waals surface area contributed by atoms with E-state index in [2.05, 4.69) is 0 Å². The number of aromatic nitrogens is 1. The summed E-state index contributed by atoms with van der Waals surface area (Å²) in [6, 6.07) is 4.65. The predicted molar refractivity (Wildman–Crippen MR) is 65.0 cm³/mol. The van der Waals surface area contributed by atoms with Gasteiger partial charge in [0.2, 0.25) is 0 Å². The van der Waals surface area contributed by atoms with Crippen molar-refractivity contribution in [1.29, 1.82) is 0 Å². The highest BCUT2D eigenvalue weighted by molar-refractivity contribution is 5.80. The topological polar surface area (TPSA) is 42.2 Å². The fraction of sp³-hybridized carbons (Fsp3) is 0.308. The zero-order chi connectivity index (χ0) is 14.2. The number of hydrogen-bond donors (Lipinski definition) is 1. The molecule has 1 N–H and O–H groups in total. The molecule has 0 saturated carbocycles. The van der Waals surface area contributed by atoms with Crippen molar-refractivity contribution in [2.24, 2.45) is 7.05 Å². The Balaban J connectivity index is 2.72. The summed E-state index contributed by atoms with van der Waals surface area (Å²) in [6.07, 6.45) is -4.29. The van der Waals surface area contributed by atoms with Crippen LogP contribution in [0.5, 0.6) is 0 Å². The normalized spacial score (nSPS) is 12.1. The summed E-state index contributed by atoms with van der Waals surface area (Å²) >= 11 is 0. The van der Waals surface area contributed by atoms with Gasteiger partial charge in [0, 0.05) is 25.6 Å². The maximum Gasteiger partial charge on any atom is 0.416 e. The van der Waals surface area contributed by atoms with Crippen molar-refractivity contribution >= 4 is 10.9 Å². The highest BCUT2D eigenvalue weighted by Gasteiger charge is 2.30. The number of aliphatic hydroxyl groups is 1. The van der Waals surface area contributed by atoms with Gasteiger partial charge in [-0.3, -0.25) is 4.79 Å². The van der Waals surface area contributed by atoms with Crippen molar-refractivity contribution in [3.63, 3.8) is 0 Å². The van der Waals surface area contributed by atoms with Gasteiger partial charge in [-0.2, -0.15) is 13.2 Å². The number of aryl methyl sites for hydroxylation is 1. The monoisotopic (exact) mass is 271 g/mol. The fourth-order valence-electron chi connectivity index (χ4n) is 2.03. The molecule has 1 aromatic carbocycles. The summed E-state index contributed by atoms with van der Waals surface area (Å²) in [6.45, 7) is -0.223. The molecule has 3 nitrogen and oxygen atoms in total. The molecular formula is C13H12F3NO2. The molecule has 0 spiro atoms. The van der Waals surface area contributed by atoms with Crippen LogP contribution in [-0.4, -0.2) is 16.3 Å². The molecule has 102 valence electrons. The zero-order valence-corrected chi connectivity index (χ0v) is 10.2. The Morgan fingerprint density at radius 1 is 1.26 bits per heavy atom. The number of nitrogens with zero attached hydrogens (tertiary/aromatic N) is 1. The van der Waals surface area contributed by atoms with Crippen LogP contribution in [0.3, 0.4) is 0 Å². The van der Waals surface area contributed by atoms with E-state index in [4.69, 9.17) is 5.11 Å². The molecule has 0 aliphatic carbocycles. The maximum atomic E-state index is 12.6. The molecule has 0 unspecified atom stereocenters. The highest BCUT2D eigenvalue weighted by atomic mass is 19.4. The minimum absolute atomic E-state index is 0.124. The Hall–Kier alpha value is -1.82. The van der Waals surface area contributed by atoms with E-state index in [1.165, 1.54) is 23.7 Å². The first kappa shape index (κ1) is 13.6. The van der Waals surface area contributed by atoms with Crippen molar-refractivity contribution in [2.75, 3.05) is 6.61 Å². The minimum atomic E-state index is -4.42. The predicted octanol–water partition coefficient (Wildman–Crippen LogP) is 2.09. The third-order valence-electron chi connectivity index (χ3n) is 3.01. The van der Waals surface area contributed by atoms with E-state index in [0.29, 0.717) is 16.5 Å². The molecule has 1 aromatic heterocycles. The van der Waals surface area contributed by atoms with Gasteiger partial charge in [-0.25, -0.2) is 0 Å². The number of pyridine rings is 1. The molecule has 0 radical (unpaired) electrons. The Morgan fingerprint density at radius 3 is 2.53 bits per heavy atom. The molecule has 0 amide bonds. The number of rotatable bonds is 2. The lowest BCUT2D eigenvalue weighted by Crippen LogP contribution is -2.22. The van der Waals surface area contributed by atoms with Crippen LogP contribution in [0.4, 0.5) is 13.2 Å². The van der Waals surface area contributed by atoms with Crippen LogP contribution in [-0.2, 0) is 19.6 Å². The van der Waals surface area contributed by atoms with Crippen molar-refractivity contribution in [3.05, 3.63) is 45.7 Å². The van der Waals surface area contributed by atoms with Crippen molar-refractivity contribution in [3.8, 4) is 0 Å². The molecule has 0 saturated heterocycles. The van der Waals surface area contributed by atoms with E-state index >= 15 is 0 Å². The molecule has 1 heterocycles. The number of hydrogen-bond acceptors (Lipinski definition) is 2. The van der Waals surface area contributed by atoms with Crippen molar-refractivity contribution in [2.45, 2.75) is 12.6 Å². The molecule has 2 aromatic rings.